The van der Waals surface area contributed by atoms with E-state index in [9.17, 15) is 19.2 Å². The molecule has 16 nitrogen and oxygen atoms in total. The van der Waals surface area contributed by atoms with Gasteiger partial charge in [-0.2, -0.15) is 0 Å². The summed E-state index contributed by atoms with van der Waals surface area (Å²) in [6.45, 7) is 26.9. The van der Waals surface area contributed by atoms with Crippen LogP contribution in [-0.4, -0.2) is 101 Å². The van der Waals surface area contributed by atoms with Crippen LogP contribution < -0.4 is 37.9 Å². The number of ether oxygens (including phenoxy) is 8. The van der Waals surface area contributed by atoms with Gasteiger partial charge >= 0.3 is 23.9 Å². The molecular formula is C96H100N4O12. The molecule has 0 heterocycles. The first kappa shape index (κ1) is 83.5. The molecular weight excluding hydrogens is 1400 g/mol. The molecule has 1 aliphatic rings. The summed E-state index contributed by atoms with van der Waals surface area (Å²) in [5.74, 6) is 1.07. The van der Waals surface area contributed by atoms with Crippen molar-refractivity contribution in [2.24, 2.45) is 20.0 Å². The van der Waals surface area contributed by atoms with E-state index in [-0.39, 0.29) is 25.7 Å². The van der Waals surface area contributed by atoms with E-state index in [4.69, 9.17) is 37.9 Å². The van der Waals surface area contributed by atoms with Crippen LogP contribution in [0.5, 0.6) is 46.0 Å². The second-order valence-corrected chi connectivity index (χ2v) is 26.6. The molecule has 0 radical (unpaired) electrons. The fraction of sp³-hybridized carbons (Fsp3) is 0.250. The summed E-state index contributed by atoms with van der Waals surface area (Å²) in [6, 6.07) is 44.3. The van der Waals surface area contributed by atoms with Gasteiger partial charge in [-0.1, -0.05) is 77.7 Å². The van der Waals surface area contributed by atoms with Gasteiger partial charge in [0.15, 0.2) is 0 Å². The number of fused-ring (bicyclic) bond motifs is 8. The minimum atomic E-state index is -0.635. The zero-order valence-corrected chi connectivity index (χ0v) is 64.8. The maximum Gasteiger partial charge on any atom is 0.336 e. The van der Waals surface area contributed by atoms with Gasteiger partial charge in [0.25, 0.3) is 0 Å². The molecule has 112 heavy (non-hydrogen) atoms. The predicted molar refractivity (Wildman–Crippen MR) is 454 cm³/mol. The lowest BCUT2D eigenvalue weighted by molar-refractivity contribution is -0.129. The standard InChI is InChI=1S/C96H100N4O12/c1-9-17-49-105-85-57-73-53-75-59-86(106-50-18-10-2)61-77(90(75)38-42-94(102)110-82-31-23-70(24-32-82)66-98-46-14-6)55-79-63-88(108-52-20-12-4)64-80(92(79)40-44-96(104)112-84-35-27-72(28-36-84)68-100-48-16-8)56-78-62-87(107-51-19-11-3)60-76(91(78)39-43-95(103)111-83-33-25-71(26-34-83)67-99-47-15-7)54-74(58-85)89(73)37-41-93(101)109-81-29-21-69(22-30-81)65-97-45-13-5/h13-16,21-44,57-68H,5-12,17-20,45-56H2,1-4H3/b41-37-,42-38+,43-39?,44-40?,97-65?,98-66?,99-67?,100-68?. The Labute approximate surface area is 659 Å². The number of nitrogens with zero attached hydrogens (tertiary/aromatic N) is 4. The molecule has 0 saturated carbocycles. The van der Waals surface area contributed by atoms with Crippen molar-refractivity contribution in [2.45, 2.75) is 105 Å². The summed E-state index contributed by atoms with van der Waals surface area (Å²) in [7, 11) is 0. The SMILES string of the molecule is C=CCN=Cc1ccc(OC(=O)C=Cc2c3cc(OCCCC)cc2Cc2cc(OCCCC)cc(c2/C=C\C(=O)Oc2ccc(C=NCC=C)cc2)Cc2cc(OCCCC)cc(c2/C=C/C(=O)Oc2ccc(C=NCC=C)cc2)Cc2cc(OCCCC)cc(c2C=CC(=O)Oc2ccc(C=NCC=C)cc2)C3)cc1. The molecule has 0 spiro atoms. The van der Waals surface area contributed by atoms with Gasteiger partial charge in [-0.25, -0.2) is 19.2 Å². The number of rotatable bonds is 40. The molecule has 1 aliphatic carbocycles. The van der Waals surface area contributed by atoms with Crippen LogP contribution in [0, 0.1) is 0 Å². The van der Waals surface area contributed by atoms with Crippen molar-refractivity contribution >= 4 is 73.0 Å². The molecule has 0 saturated heterocycles. The lowest BCUT2D eigenvalue weighted by Crippen LogP contribution is -2.10. The van der Waals surface area contributed by atoms with Gasteiger partial charge in [0.05, 0.1) is 52.6 Å². The summed E-state index contributed by atoms with van der Waals surface area (Å²) in [5.41, 5.74) is 11.9. The van der Waals surface area contributed by atoms with E-state index < -0.39 is 23.9 Å². The Morgan fingerprint density at radius 2 is 0.482 bits per heavy atom. The maximum absolute atomic E-state index is 14.5. The van der Waals surface area contributed by atoms with Gasteiger partial charge in [0.2, 0.25) is 0 Å². The lowest BCUT2D eigenvalue weighted by Gasteiger charge is -2.23. The van der Waals surface area contributed by atoms with E-state index in [0.29, 0.717) is 121 Å². The van der Waals surface area contributed by atoms with Crippen molar-refractivity contribution in [1.82, 2.24) is 0 Å². The molecule has 8 aromatic rings. The summed E-state index contributed by atoms with van der Waals surface area (Å²) in [4.78, 5) is 75.3. The zero-order valence-electron chi connectivity index (χ0n) is 64.8. The van der Waals surface area contributed by atoms with Crippen LogP contribution in [0.1, 0.15) is 168 Å². The minimum absolute atomic E-state index is 0.183. The van der Waals surface area contributed by atoms with Crippen LogP contribution in [0.15, 0.2) is 240 Å². The van der Waals surface area contributed by atoms with Crippen molar-refractivity contribution < 1.29 is 57.1 Å². The number of esters is 4. The third-order valence-corrected chi connectivity index (χ3v) is 17.7. The van der Waals surface area contributed by atoms with Crippen LogP contribution in [0.4, 0.5) is 0 Å². The number of benzene rings is 8. The smallest absolute Gasteiger partial charge is 0.336 e. The van der Waals surface area contributed by atoms with Gasteiger partial charge in [0, 0.05) is 49.2 Å². The largest absolute Gasteiger partial charge is 0.494 e. The molecule has 0 amide bonds. The van der Waals surface area contributed by atoms with E-state index in [1.807, 2.05) is 97.1 Å². The first-order valence-electron chi connectivity index (χ1n) is 38.3. The second-order valence-electron chi connectivity index (χ2n) is 26.6. The average molecular weight is 1500 g/mol. The van der Waals surface area contributed by atoms with Crippen molar-refractivity contribution in [3.05, 3.63) is 310 Å². The second kappa shape index (κ2) is 45.4. The number of carbonyl (C=O) groups is 4. The van der Waals surface area contributed by atoms with Gasteiger partial charge in [-0.3, -0.25) is 20.0 Å². The summed E-state index contributed by atoms with van der Waals surface area (Å²) in [5, 5.41) is 0. The molecule has 0 N–H and O–H groups in total. The van der Waals surface area contributed by atoms with Crippen LogP contribution in [0.25, 0.3) is 24.3 Å². The summed E-state index contributed by atoms with van der Waals surface area (Å²) < 4.78 is 51.2. The number of unbranched alkanes of at least 4 members (excludes halogenated alkanes) is 4. The van der Waals surface area contributed by atoms with Crippen molar-refractivity contribution in [2.75, 3.05) is 52.6 Å². The van der Waals surface area contributed by atoms with Crippen LogP contribution in [0.2, 0.25) is 0 Å². The van der Waals surface area contributed by atoms with Crippen LogP contribution >= 0.6 is 0 Å². The number of hydrogen-bond donors (Lipinski definition) is 0. The lowest BCUT2D eigenvalue weighted by atomic mass is 9.84. The minimum Gasteiger partial charge on any atom is -0.494 e. The molecule has 0 aliphatic heterocycles. The van der Waals surface area contributed by atoms with Crippen molar-refractivity contribution in [3.63, 3.8) is 0 Å². The Morgan fingerprint density at radius 1 is 0.295 bits per heavy atom. The Morgan fingerprint density at radius 3 is 0.652 bits per heavy atom. The first-order chi connectivity index (χ1) is 54.8. The van der Waals surface area contributed by atoms with Crippen molar-refractivity contribution in [1.29, 1.82) is 0 Å². The highest BCUT2D eigenvalue weighted by atomic mass is 16.5. The number of hydrogen-bond acceptors (Lipinski definition) is 16. The predicted octanol–water partition coefficient (Wildman–Crippen LogP) is 20.0. The Kier molecular flexibility index (Phi) is 33.9. The maximum atomic E-state index is 14.5. The molecule has 0 aromatic heterocycles. The average Bonchev–Trinajstić information content (AvgIpc) is 0.771. The molecule has 8 aromatic carbocycles. The van der Waals surface area contributed by atoms with E-state index in [0.717, 1.165) is 118 Å². The molecule has 9 rings (SSSR count). The van der Waals surface area contributed by atoms with E-state index in [2.05, 4.69) is 74.0 Å². The van der Waals surface area contributed by atoms with Gasteiger partial charge < -0.3 is 37.9 Å². The zero-order chi connectivity index (χ0) is 79.1. The van der Waals surface area contributed by atoms with Gasteiger partial charge in [-0.05, 0) is 310 Å². The molecule has 576 valence electrons. The molecule has 8 bridgehead atoms. The van der Waals surface area contributed by atoms with E-state index in [1.54, 1.807) is 122 Å². The summed E-state index contributed by atoms with van der Waals surface area (Å²) in [6.07, 6.45) is 33.9. The number of carbonyl (C=O) groups excluding carboxylic acids is 4. The molecule has 0 fully saturated rings. The van der Waals surface area contributed by atoms with E-state index in [1.165, 1.54) is 24.3 Å². The third kappa shape index (κ3) is 26.9. The third-order valence-electron chi connectivity index (χ3n) is 17.7. The fourth-order valence-corrected chi connectivity index (χ4v) is 12.1. The first-order valence-corrected chi connectivity index (χ1v) is 38.3. The van der Waals surface area contributed by atoms with Crippen LogP contribution in [0.3, 0.4) is 0 Å². The quantitative estimate of drug-likeness (QED) is 0.00883. The topological polar surface area (TPSA) is 192 Å². The highest BCUT2D eigenvalue weighted by Gasteiger charge is 2.24. The highest BCUT2D eigenvalue weighted by Crippen LogP contribution is 2.39. The fourth-order valence-electron chi connectivity index (χ4n) is 12.1. The number of aliphatic imine (C=N–C) groups is 4. The van der Waals surface area contributed by atoms with Gasteiger partial charge in [-0.15, -0.1) is 26.3 Å². The van der Waals surface area contributed by atoms with E-state index >= 15 is 0 Å². The monoisotopic (exact) mass is 1500 g/mol. The molecule has 0 unspecified atom stereocenters. The Balaban J connectivity index is 1.33. The Bertz CT molecular complexity index is 4090. The molecule has 16 heteroatoms. The van der Waals surface area contributed by atoms with Crippen LogP contribution in [-0.2, 0) is 44.9 Å². The van der Waals surface area contributed by atoms with Gasteiger partial charge in [0.1, 0.15) is 46.0 Å². The van der Waals surface area contributed by atoms with Crippen molar-refractivity contribution in [3.8, 4) is 46.0 Å². The molecule has 0 atom stereocenters. The summed E-state index contributed by atoms with van der Waals surface area (Å²) >= 11 is 0. The normalized spacial score (nSPS) is 12.2. The highest BCUT2D eigenvalue weighted by molar-refractivity contribution is 5.93. The Hall–Kier alpha value is -12.6.